The molecule has 0 bridgehead atoms. The maximum atomic E-state index is 10.2. The van der Waals surface area contributed by atoms with Gasteiger partial charge in [0.15, 0.2) is 0 Å². The molecule has 4 nitrogen and oxygen atoms in total. The van der Waals surface area contributed by atoms with Crippen molar-refractivity contribution in [1.82, 2.24) is 4.98 Å². The lowest BCUT2D eigenvalue weighted by Crippen LogP contribution is -2.36. The molecule has 0 saturated carbocycles. The number of benzene rings is 1. The number of thioether (sulfide) groups is 1. The number of para-hydroxylation sites is 1. The van der Waals surface area contributed by atoms with E-state index < -0.39 is 5.60 Å². The van der Waals surface area contributed by atoms with Crippen LogP contribution in [-0.4, -0.2) is 34.2 Å². The molecule has 0 aliphatic heterocycles. The van der Waals surface area contributed by atoms with E-state index >= 15 is 0 Å². The smallest absolute Gasteiger partial charge is 0.143 e. The number of aromatic nitrogens is 1. The standard InChI is InChI=1S/C15H17N3OS/c1-15(19,10-20-2)9-17-14-7-11(8-16)18-13-6-4-3-5-12(13)14/h3-7,19H,9-10H2,1-2H3,(H,17,18). The lowest BCUT2D eigenvalue weighted by atomic mass is 10.1. The first kappa shape index (κ1) is 14.6. The topological polar surface area (TPSA) is 68.9 Å². The van der Waals surface area contributed by atoms with E-state index in [9.17, 15) is 5.11 Å². The van der Waals surface area contributed by atoms with E-state index in [2.05, 4.69) is 16.4 Å². The van der Waals surface area contributed by atoms with Crippen LogP contribution in [0.25, 0.3) is 10.9 Å². The van der Waals surface area contributed by atoms with E-state index in [0.29, 0.717) is 18.0 Å². The lowest BCUT2D eigenvalue weighted by molar-refractivity contribution is 0.0997. The second kappa shape index (κ2) is 6.12. The molecule has 1 aromatic heterocycles. The lowest BCUT2D eigenvalue weighted by Gasteiger charge is -2.23. The number of nitrogens with zero attached hydrogens (tertiary/aromatic N) is 2. The summed E-state index contributed by atoms with van der Waals surface area (Å²) in [6.45, 7) is 2.22. The van der Waals surface area contributed by atoms with Gasteiger partial charge in [0.25, 0.3) is 0 Å². The predicted molar refractivity (Wildman–Crippen MR) is 84.0 cm³/mol. The highest BCUT2D eigenvalue weighted by Crippen LogP contribution is 2.24. The fourth-order valence-corrected chi connectivity index (χ4v) is 2.75. The summed E-state index contributed by atoms with van der Waals surface area (Å²) in [5.74, 6) is 0.647. The van der Waals surface area contributed by atoms with Crippen LogP contribution in [0, 0.1) is 11.3 Å². The quantitative estimate of drug-likeness (QED) is 0.884. The minimum atomic E-state index is -0.795. The number of nitrogens with one attached hydrogen (secondary N) is 1. The van der Waals surface area contributed by atoms with Gasteiger partial charge in [-0.1, -0.05) is 18.2 Å². The Morgan fingerprint density at radius 2 is 2.20 bits per heavy atom. The fraction of sp³-hybridized carbons (Fsp3) is 0.333. The van der Waals surface area contributed by atoms with Crippen molar-refractivity contribution in [2.24, 2.45) is 0 Å². The van der Waals surface area contributed by atoms with Crippen LogP contribution in [0.15, 0.2) is 30.3 Å². The number of anilines is 1. The van der Waals surface area contributed by atoms with Gasteiger partial charge in [0, 0.05) is 23.4 Å². The molecule has 0 amide bonds. The number of pyridine rings is 1. The van der Waals surface area contributed by atoms with Crippen molar-refractivity contribution in [3.05, 3.63) is 36.0 Å². The molecule has 0 aliphatic carbocycles. The first-order valence-corrected chi connectivity index (χ1v) is 7.70. The van der Waals surface area contributed by atoms with Crippen LogP contribution in [0.5, 0.6) is 0 Å². The van der Waals surface area contributed by atoms with Crippen molar-refractivity contribution >= 4 is 28.4 Å². The van der Waals surface area contributed by atoms with Crippen molar-refractivity contribution in [3.63, 3.8) is 0 Å². The van der Waals surface area contributed by atoms with Crippen LogP contribution < -0.4 is 5.32 Å². The van der Waals surface area contributed by atoms with Gasteiger partial charge in [0.1, 0.15) is 11.8 Å². The molecule has 1 unspecified atom stereocenters. The van der Waals surface area contributed by atoms with Crippen molar-refractivity contribution < 1.29 is 5.11 Å². The number of rotatable bonds is 5. The Morgan fingerprint density at radius 1 is 1.45 bits per heavy atom. The second-order valence-electron chi connectivity index (χ2n) is 4.97. The Balaban J connectivity index is 2.31. The third-order valence-corrected chi connectivity index (χ3v) is 3.86. The van der Waals surface area contributed by atoms with Gasteiger partial charge in [-0.15, -0.1) is 0 Å². The maximum absolute atomic E-state index is 10.2. The monoisotopic (exact) mass is 287 g/mol. The average molecular weight is 287 g/mol. The Kier molecular flexibility index (Phi) is 4.48. The van der Waals surface area contributed by atoms with Crippen LogP contribution in [0.2, 0.25) is 0 Å². The van der Waals surface area contributed by atoms with Gasteiger partial charge in [-0.3, -0.25) is 0 Å². The van der Waals surface area contributed by atoms with Crippen molar-refractivity contribution in [2.45, 2.75) is 12.5 Å². The summed E-state index contributed by atoms with van der Waals surface area (Å²) in [6, 6.07) is 11.4. The molecule has 5 heteroatoms. The van der Waals surface area contributed by atoms with Gasteiger partial charge < -0.3 is 10.4 Å². The minimum Gasteiger partial charge on any atom is -0.387 e. The zero-order chi connectivity index (χ0) is 14.6. The van der Waals surface area contributed by atoms with E-state index in [4.69, 9.17) is 5.26 Å². The zero-order valence-corrected chi connectivity index (χ0v) is 12.4. The van der Waals surface area contributed by atoms with Crippen molar-refractivity contribution in [2.75, 3.05) is 23.9 Å². The summed E-state index contributed by atoms with van der Waals surface area (Å²) in [6.07, 6.45) is 1.96. The average Bonchev–Trinajstić information content (AvgIpc) is 2.44. The van der Waals surface area contributed by atoms with Crippen LogP contribution in [0.1, 0.15) is 12.6 Å². The summed E-state index contributed by atoms with van der Waals surface area (Å²) in [4.78, 5) is 4.27. The second-order valence-corrected chi connectivity index (χ2v) is 5.83. The third-order valence-electron chi connectivity index (χ3n) is 2.95. The Labute approximate surface area is 122 Å². The molecule has 2 N–H and O–H groups in total. The normalized spacial score (nSPS) is 13.7. The highest BCUT2D eigenvalue weighted by atomic mass is 32.2. The minimum absolute atomic E-state index is 0.371. The summed E-state index contributed by atoms with van der Waals surface area (Å²) >= 11 is 1.60. The van der Waals surface area contributed by atoms with Crippen molar-refractivity contribution in [3.8, 4) is 6.07 Å². The van der Waals surface area contributed by atoms with E-state index in [1.54, 1.807) is 24.8 Å². The molecular formula is C15H17N3OS. The Hall–Kier alpha value is -1.77. The first-order valence-electron chi connectivity index (χ1n) is 6.31. The molecule has 1 aromatic carbocycles. The third kappa shape index (κ3) is 3.41. The van der Waals surface area contributed by atoms with E-state index in [1.165, 1.54) is 0 Å². The van der Waals surface area contributed by atoms with E-state index in [1.807, 2.05) is 30.5 Å². The molecule has 2 rings (SSSR count). The first-order chi connectivity index (χ1) is 9.55. The number of hydrogen-bond acceptors (Lipinski definition) is 5. The predicted octanol–water partition coefficient (Wildman–Crippen LogP) is 2.63. The summed E-state index contributed by atoms with van der Waals surface area (Å²) in [5.41, 5.74) is 1.18. The maximum Gasteiger partial charge on any atom is 0.143 e. The Morgan fingerprint density at radius 3 is 2.90 bits per heavy atom. The molecule has 0 aliphatic rings. The van der Waals surface area contributed by atoms with Crippen LogP contribution in [0.3, 0.4) is 0 Å². The van der Waals surface area contributed by atoms with E-state index in [0.717, 1.165) is 16.6 Å². The molecule has 0 saturated heterocycles. The van der Waals surface area contributed by atoms with Gasteiger partial charge in [-0.2, -0.15) is 17.0 Å². The van der Waals surface area contributed by atoms with Gasteiger partial charge in [0.05, 0.1) is 11.1 Å². The number of fused-ring (bicyclic) bond motifs is 1. The van der Waals surface area contributed by atoms with Gasteiger partial charge >= 0.3 is 0 Å². The number of nitriles is 1. The number of aliphatic hydroxyl groups is 1. The van der Waals surface area contributed by atoms with Gasteiger partial charge in [-0.05, 0) is 25.3 Å². The molecule has 0 fully saturated rings. The highest BCUT2D eigenvalue weighted by molar-refractivity contribution is 7.98. The highest BCUT2D eigenvalue weighted by Gasteiger charge is 2.19. The Bertz CT molecular complexity index is 649. The zero-order valence-electron chi connectivity index (χ0n) is 11.6. The molecule has 0 spiro atoms. The largest absolute Gasteiger partial charge is 0.387 e. The van der Waals surface area contributed by atoms with E-state index in [-0.39, 0.29) is 0 Å². The van der Waals surface area contributed by atoms with Gasteiger partial charge in [-0.25, -0.2) is 4.98 Å². The molecule has 1 atom stereocenters. The van der Waals surface area contributed by atoms with Gasteiger partial charge in [0.2, 0.25) is 0 Å². The summed E-state index contributed by atoms with van der Waals surface area (Å²) < 4.78 is 0. The molecule has 20 heavy (non-hydrogen) atoms. The molecule has 104 valence electrons. The van der Waals surface area contributed by atoms with Crippen LogP contribution >= 0.6 is 11.8 Å². The molecular weight excluding hydrogens is 270 g/mol. The van der Waals surface area contributed by atoms with Crippen LogP contribution in [-0.2, 0) is 0 Å². The fourth-order valence-electron chi connectivity index (χ4n) is 2.03. The SMILES string of the molecule is CSCC(C)(O)CNc1cc(C#N)nc2ccccc12. The van der Waals surface area contributed by atoms with Crippen LogP contribution in [0.4, 0.5) is 5.69 Å². The number of hydrogen-bond donors (Lipinski definition) is 2. The van der Waals surface area contributed by atoms with Crippen molar-refractivity contribution in [1.29, 1.82) is 5.26 Å². The summed E-state index contributed by atoms with van der Waals surface area (Å²) in [5, 5.41) is 23.4. The molecule has 0 radical (unpaired) electrons. The molecule has 1 heterocycles. The summed E-state index contributed by atoms with van der Waals surface area (Å²) in [7, 11) is 0. The molecule has 2 aromatic rings.